The van der Waals surface area contributed by atoms with Crippen LogP contribution in [-0.4, -0.2) is 30.3 Å². The van der Waals surface area contributed by atoms with Gasteiger partial charge in [-0.2, -0.15) is 0 Å². The Morgan fingerprint density at radius 3 is 2.83 bits per heavy atom. The minimum Gasteiger partial charge on any atom is -0.481 e. The van der Waals surface area contributed by atoms with Crippen LogP contribution in [0.3, 0.4) is 0 Å². The van der Waals surface area contributed by atoms with Gasteiger partial charge in [-0.05, 0) is 18.6 Å². The lowest BCUT2D eigenvalue weighted by Crippen LogP contribution is -2.30. The lowest BCUT2D eigenvalue weighted by Gasteiger charge is -2.16. The van der Waals surface area contributed by atoms with Gasteiger partial charge in [-0.25, -0.2) is 0 Å². The van der Waals surface area contributed by atoms with Crippen molar-refractivity contribution in [1.29, 1.82) is 0 Å². The molecular formula is C12H11NO5. The van der Waals surface area contributed by atoms with E-state index in [0.29, 0.717) is 30.2 Å². The summed E-state index contributed by atoms with van der Waals surface area (Å²) in [6, 6.07) is 5.15. The molecule has 2 aliphatic heterocycles. The normalized spacial score (nSPS) is 21.4. The number of aliphatic carboxylic acids is 1. The molecule has 0 radical (unpaired) electrons. The Morgan fingerprint density at radius 1 is 1.33 bits per heavy atom. The smallest absolute Gasteiger partial charge is 0.316 e. The molecule has 1 unspecified atom stereocenters. The number of carboxylic acids is 1. The second-order valence-electron chi connectivity index (χ2n) is 4.21. The summed E-state index contributed by atoms with van der Waals surface area (Å²) in [4.78, 5) is 24.3. The second kappa shape index (κ2) is 3.90. The number of benzene rings is 1. The molecule has 0 bridgehead atoms. The number of hydrogen-bond donors (Lipinski definition) is 1. The van der Waals surface area contributed by atoms with Crippen LogP contribution < -0.4 is 14.4 Å². The molecule has 6 nitrogen and oxygen atoms in total. The standard InChI is InChI=1S/C12H11NO5/c14-11-8(12(15)16)3-4-13(11)7-1-2-9-10(5-7)18-6-17-9/h1-2,5,8H,3-4,6H2,(H,15,16). The van der Waals surface area contributed by atoms with E-state index in [1.165, 1.54) is 4.90 Å². The number of carbonyl (C=O) groups is 2. The minimum atomic E-state index is -1.07. The zero-order valence-corrected chi connectivity index (χ0v) is 9.46. The van der Waals surface area contributed by atoms with Crippen LogP contribution in [0, 0.1) is 5.92 Å². The second-order valence-corrected chi connectivity index (χ2v) is 4.21. The molecule has 2 aliphatic rings. The minimum absolute atomic E-state index is 0.171. The van der Waals surface area contributed by atoms with Crippen LogP contribution >= 0.6 is 0 Å². The molecule has 6 heteroatoms. The van der Waals surface area contributed by atoms with Gasteiger partial charge in [-0.3, -0.25) is 9.59 Å². The first-order valence-corrected chi connectivity index (χ1v) is 5.60. The van der Waals surface area contributed by atoms with Gasteiger partial charge in [0.25, 0.3) is 0 Å². The molecule has 3 rings (SSSR count). The van der Waals surface area contributed by atoms with E-state index in [-0.39, 0.29) is 12.7 Å². The Morgan fingerprint density at radius 2 is 2.11 bits per heavy atom. The molecule has 0 saturated carbocycles. The lowest BCUT2D eigenvalue weighted by molar-refractivity contribution is -0.144. The third-order valence-corrected chi connectivity index (χ3v) is 3.17. The molecule has 1 aromatic carbocycles. The average Bonchev–Trinajstić information content (AvgIpc) is 2.93. The molecule has 94 valence electrons. The van der Waals surface area contributed by atoms with E-state index in [4.69, 9.17) is 14.6 Å². The summed E-state index contributed by atoms with van der Waals surface area (Å²) in [5, 5.41) is 8.91. The topological polar surface area (TPSA) is 76.1 Å². The average molecular weight is 249 g/mol. The molecule has 1 fully saturated rings. The van der Waals surface area contributed by atoms with Crippen molar-refractivity contribution < 1.29 is 24.2 Å². The molecule has 1 amide bonds. The maximum atomic E-state index is 11.9. The van der Waals surface area contributed by atoms with E-state index in [9.17, 15) is 9.59 Å². The van der Waals surface area contributed by atoms with Gasteiger partial charge in [0.05, 0.1) is 0 Å². The molecular weight excluding hydrogens is 238 g/mol. The summed E-state index contributed by atoms with van der Waals surface area (Å²) in [5.41, 5.74) is 0.646. The Labute approximate surface area is 103 Å². The van der Waals surface area contributed by atoms with Crippen molar-refractivity contribution in [3.8, 4) is 11.5 Å². The van der Waals surface area contributed by atoms with Crippen molar-refractivity contribution in [3.63, 3.8) is 0 Å². The van der Waals surface area contributed by atoms with Crippen LogP contribution in [0.4, 0.5) is 5.69 Å². The third-order valence-electron chi connectivity index (χ3n) is 3.17. The predicted octanol–water partition coefficient (Wildman–Crippen LogP) is 0.853. The monoisotopic (exact) mass is 249 g/mol. The number of carboxylic acid groups (broad SMARTS) is 1. The molecule has 0 spiro atoms. The summed E-state index contributed by atoms with van der Waals surface area (Å²) in [7, 11) is 0. The summed E-state index contributed by atoms with van der Waals surface area (Å²) < 4.78 is 10.4. The highest BCUT2D eigenvalue weighted by Gasteiger charge is 2.37. The van der Waals surface area contributed by atoms with Crippen LogP contribution in [0.1, 0.15) is 6.42 Å². The van der Waals surface area contributed by atoms with Gasteiger partial charge >= 0.3 is 5.97 Å². The summed E-state index contributed by atoms with van der Waals surface area (Å²) >= 11 is 0. The fourth-order valence-electron chi connectivity index (χ4n) is 2.22. The van der Waals surface area contributed by atoms with E-state index in [1.54, 1.807) is 18.2 Å². The van der Waals surface area contributed by atoms with Crippen LogP contribution in [0.2, 0.25) is 0 Å². The highest BCUT2D eigenvalue weighted by molar-refractivity contribution is 6.07. The maximum absolute atomic E-state index is 11.9. The van der Waals surface area contributed by atoms with Gasteiger partial charge in [0, 0.05) is 18.3 Å². The molecule has 1 atom stereocenters. The zero-order chi connectivity index (χ0) is 12.7. The number of rotatable bonds is 2. The lowest BCUT2D eigenvalue weighted by atomic mass is 10.1. The zero-order valence-electron chi connectivity index (χ0n) is 9.46. The maximum Gasteiger partial charge on any atom is 0.316 e. The highest BCUT2D eigenvalue weighted by atomic mass is 16.7. The summed E-state index contributed by atoms with van der Waals surface area (Å²) in [6.45, 7) is 0.583. The Hall–Kier alpha value is -2.24. The molecule has 2 heterocycles. The number of ether oxygens (including phenoxy) is 2. The van der Waals surface area contributed by atoms with Gasteiger partial charge in [-0.15, -0.1) is 0 Å². The van der Waals surface area contributed by atoms with Crippen molar-refractivity contribution >= 4 is 17.6 Å². The van der Waals surface area contributed by atoms with Crippen molar-refractivity contribution in [1.82, 2.24) is 0 Å². The van der Waals surface area contributed by atoms with Crippen molar-refractivity contribution in [3.05, 3.63) is 18.2 Å². The Balaban J connectivity index is 1.88. The number of hydrogen-bond acceptors (Lipinski definition) is 4. The van der Waals surface area contributed by atoms with E-state index in [1.807, 2.05) is 0 Å². The van der Waals surface area contributed by atoms with E-state index in [2.05, 4.69) is 0 Å². The fraction of sp³-hybridized carbons (Fsp3) is 0.333. The van der Waals surface area contributed by atoms with E-state index in [0.717, 1.165) is 0 Å². The number of carbonyl (C=O) groups excluding carboxylic acids is 1. The molecule has 1 aromatic rings. The first-order chi connectivity index (χ1) is 8.66. The highest BCUT2D eigenvalue weighted by Crippen LogP contribution is 2.37. The molecule has 0 aliphatic carbocycles. The van der Waals surface area contributed by atoms with Gasteiger partial charge in [0.1, 0.15) is 5.92 Å². The van der Waals surface area contributed by atoms with Gasteiger partial charge in [0.2, 0.25) is 12.7 Å². The van der Waals surface area contributed by atoms with Crippen LogP contribution in [0.15, 0.2) is 18.2 Å². The number of anilines is 1. The first-order valence-electron chi connectivity index (χ1n) is 5.60. The van der Waals surface area contributed by atoms with Crippen molar-refractivity contribution in [2.45, 2.75) is 6.42 Å². The molecule has 18 heavy (non-hydrogen) atoms. The Kier molecular flexibility index (Phi) is 2.36. The van der Waals surface area contributed by atoms with Gasteiger partial charge < -0.3 is 19.5 Å². The SMILES string of the molecule is O=C(O)C1CCN(c2ccc3c(c2)OCO3)C1=O. The summed E-state index contributed by atoms with van der Waals surface area (Å²) in [5.74, 6) is -1.15. The summed E-state index contributed by atoms with van der Waals surface area (Å²) in [6.07, 6.45) is 0.336. The van der Waals surface area contributed by atoms with Crippen molar-refractivity contribution in [2.75, 3.05) is 18.2 Å². The number of nitrogens with zero attached hydrogens (tertiary/aromatic N) is 1. The van der Waals surface area contributed by atoms with Crippen molar-refractivity contribution in [2.24, 2.45) is 5.92 Å². The van der Waals surface area contributed by atoms with Gasteiger partial charge in [-0.1, -0.05) is 0 Å². The van der Waals surface area contributed by atoms with Crippen LogP contribution in [-0.2, 0) is 9.59 Å². The van der Waals surface area contributed by atoms with E-state index < -0.39 is 11.9 Å². The predicted molar refractivity (Wildman–Crippen MR) is 60.7 cm³/mol. The molecule has 0 aromatic heterocycles. The van der Waals surface area contributed by atoms with E-state index >= 15 is 0 Å². The quantitative estimate of drug-likeness (QED) is 0.786. The Bertz CT molecular complexity index is 527. The third kappa shape index (κ3) is 1.57. The molecule has 1 N–H and O–H groups in total. The van der Waals surface area contributed by atoms with Gasteiger partial charge in [0.15, 0.2) is 11.5 Å². The fourth-order valence-corrected chi connectivity index (χ4v) is 2.22. The number of fused-ring (bicyclic) bond motifs is 1. The van der Waals surface area contributed by atoms with Crippen LogP contribution in [0.5, 0.6) is 11.5 Å². The van der Waals surface area contributed by atoms with Crippen LogP contribution in [0.25, 0.3) is 0 Å². The molecule has 1 saturated heterocycles. The largest absolute Gasteiger partial charge is 0.481 e. The number of amides is 1. The first kappa shape index (κ1) is 10.9.